The zero-order chi connectivity index (χ0) is 19.7. The molecule has 1 N–H and O–H groups in total. The monoisotopic (exact) mass is 392 g/mol. The van der Waals surface area contributed by atoms with Crippen molar-refractivity contribution in [3.8, 4) is 27.6 Å². The Labute approximate surface area is 166 Å². The molecule has 0 unspecified atom stereocenters. The Bertz CT molecular complexity index is 1190. The van der Waals surface area contributed by atoms with Crippen molar-refractivity contribution in [2.45, 2.75) is 13.8 Å². The third-order valence-corrected chi connectivity index (χ3v) is 5.64. The quantitative estimate of drug-likeness (QED) is 0.477. The van der Waals surface area contributed by atoms with E-state index in [4.69, 9.17) is 4.42 Å². The first-order chi connectivity index (χ1) is 13.6. The summed E-state index contributed by atoms with van der Waals surface area (Å²) >= 11 is 1.38. The highest BCUT2D eigenvalue weighted by Gasteiger charge is 2.15. The lowest BCUT2D eigenvalue weighted by molar-refractivity contribution is 0.477. The Morgan fingerprint density at radius 2 is 1.86 bits per heavy atom. The number of thiazole rings is 1. The van der Waals surface area contributed by atoms with Crippen LogP contribution in [0.3, 0.4) is 0 Å². The first kappa shape index (κ1) is 18.3. The number of para-hydroxylation sites is 1. The molecule has 0 amide bonds. The highest BCUT2D eigenvalue weighted by atomic mass is 32.1. The van der Waals surface area contributed by atoms with Crippen molar-refractivity contribution >= 4 is 28.0 Å². The van der Waals surface area contributed by atoms with Gasteiger partial charge in [0.15, 0.2) is 0 Å². The molecule has 0 atom stereocenters. The summed E-state index contributed by atoms with van der Waals surface area (Å²) in [5.74, 6) is 0.165. The van der Waals surface area contributed by atoms with Gasteiger partial charge in [-0.2, -0.15) is 0 Å². The number of nitrogens with zero attached hydrogens (tertiary/aromatic N) is 2. The predicted molar refractivity (Wildman–Crippen MR) is 114 cm³/mol. The molecule has 2 aromatic heterocycles. The molecule has 6 heteroatoms. The highest BCUT2D eigenvalue weighted by molar-refractivity contribution is 7.13. The number of aromatic hydroxyl groups is 1. The van der Waals surface area contributed by atoms with E-state index in [0.717, 1.165) is 24.2 Å². The van der Waals surface area contributed by atoms with Crippen molar-refractivity contribution in [2.75, 3.05) is 18.0 Å². The summed E-state index contributed by atoms with van der Waals surface area (Å²) in [6.07, 6.45) is 0. The molecule has 0 radical (unpaired) electrons. The molecule has 0 fully saturated rings. The van der Waals surface area contributed by atoms with Gasteiger partial charge in [0.1, 0.15) is 16.3 Å². The fourth-order valence-electron chi connectivity index (χ4n) is 3.24. The Morgan fingerprint density at radius 3 is 2.61 bits per heavy atom. The third-order valence-electron chi connectivity index (χ3n) is 4.76. The van der Waals surface area contributed by atoms with Crippen LogP contribution in [0.25, 0.3) is 32.8 Å². The van der Waals surface area contributed by atoms with Crippen molar-refractivity contribution in [1.82, 2.24) is 4.98 Å². The lowest BCUT2D eigenvalue weighted by Crippen LogP contribution is -2.21. The van der Waals surface area contributed by atoms with E-state index in [-0.39, 0.29) is 5.75 Å². The summed E-state index contributed by atoms with van der Waals surface area (Å²) in [6.45, 7) is 5.96. The van der Waals surface area contributed by atoms with Gasteiger partial charge in [0.05, 0.1) is 16.8 Å². The molecule has 0 aliphatic carbocycles. The number of hydrogen-bond donors (Lipinski definition) is 1. The zero-order valence-corrected chi connectivity index (χ0v) is 16.5. The molecule has 0 saturated heterocycles. The van der Waals surface area contributed by atoms with Crippen molar-refractivity contribution < 1.29 is 9.52 Å². The number of fused-ring (bicyclic) bond motifs is 1. The van der Waals surface area contributed by atoms with Gasteiger partial charge in [-0.1, -0.05) is 12.1 Å². The van der Waals surface area contributed by atoms with E-state index in [2.05, 4.69) is 23.7 Å². The summed E-state index contributed by atoms with van der Waals surface area (Å²) in [5.41, 5.74) is 2.79. The minimum Gasteiger partial charge on any atom is -0.507 e. The number of benzene rings is 2. The molecule has 0 bridgehead atoms. The van der Waals surface area contributed by atoms with Crippen LogP contribution >= 0.6 is 11.3 Å². The van der Waals surface area contributed by atoms with Crippen molar-refractivity contribution in [1.29, 1.82) is 0 Å². The molecule has 2 heterocycles. The maximum atomic E-state index is 12.6. The third kappa shape index (κ3) is 3.27. The van der Waals surface area contributed by atoms with Crippen molar-refractivity contribution in [3.63, 3.8) is 0 Å². The largest absolute Gasteiger partial charge is 0.507 e. The SMILES string of the molecule is CCN(CC)c1ccc2cc(-c3csc(-c4ccccc4O)n3)c(=O)oc2c1. The molecule has 0 saturated carbocycles. The lowest BCUT2D eigenvalue weighted by atomic mass is 10.1. The van der Waals surface area contributed by atoms with Gasteiger partial charge in [-0.3, -0.25) is 0 Å². The number of aromatic nitrogens is 1. The number of rotatable bonds is 5. The average molecular weight is 392 g/mol. The van der Waals surface area contributed by atoms with E-state index in [1.54, 1.807) is 18.2 Å². The van der Waals surface area contributed by atoms with Crippen LogP contribution in [0.1, 0.15) is 13.8 Å². The first-order valence-electron chi connectivity index (χ1n) is 9.17. The minimum atomic E-state index is -0.418. The Kier molecular flexibility index (Phi) is 4.88. The lowest BCUT2D eigenvalue weighted by Gasteiger charge is -2.20. The summed E-state index contributed by atoms with van der Waals surface area (Å²) < 4.78 is 5.60. The Morgan fingerprint density at radius 1 is 1.07 bits per heavy atom. The summed E-state index contributed by atoms with van der Waals surface area (Å²) in [6, 6.07) is 14.7. The normalized spacial score (nSPS) is 11.1. The first-order valence-corrected chi connectivity index (χ1v) is 10.1. The van der Waals surface area contributed by atoms with Crippen LogP contribution < -0.4 is 10.5 Å². The molecular weight excluding hydrogens is 372 g/mol. The standard InChI is InChI=1S/C22H20N2O3S/c1-3-24(4-2)15-10-9-14-11-17(22(26)27-20(14)12-15)18-13-28-21(23-18)16-7-5-6-8-19(16)25/h5-13,25H,3-4H2,1-2H3. The van der Waals surface area contributed by atoms with Crippen LogP contribution in [0, 0.1) is 0 Å². The van der Waals surface area contributed by atoms with E-state index in [9.17, 15) is 9.90 Å². The van der Waals surface area contributed by atoms with Crippen molar-refractivity contribution in [2.24, 2.45) is 0 Å². The van der Waals surface area contributed by atoms with Gasteiger partial charge in [0.2, 0.25) is 0 Å². The van der Waals surface area contributed by atoms with Gasteiger partial charge >= 0.3 is 5.63 Å². The van der Waals surface area contributed by atoms with Gasteiger partial charge in [-0.25, -0.2) is 9.78 Å². The van der Waals surface area contributed by atoms with Crippen LogP contribution in [0.15, 0.2) is 63.1 Å². The van der Waals surface area contributed by atoms with Gasteiger partial charge in [0.25, 0.3) is 0 Å². The topological polar surface area (TPSA) is 66.6 Å². The van der Waals surface area contributed by atoms with Gasteiger partial charge in [-0.05, 0) is 44.2 Å². The molecule has 0 aliphatic heterocycles. The second-order valence-corrected chi connectivity index (χ2v) is 7.26. The van der Waals surface area contributed by atoms with E-state index in [1.807, 2.05) is 35.7 Å². The predicted octanol–water partition coefficient (Wildman–Crippen LogP) is 5.14. The van der Waals surface area contributed by atoms with Crippen LogP contribution in [-0.2, 0) is 0 Å². The molecule has 142 valence electrons. The zero-order valence-electron chi connectivity index (χ0n) is 15.7. The molecule has 0 aliphatic rings. The molecule has 5 nitrogen and oxygen atoms in total. The van der Waals surface area contributed by atoms with Gasteiger partial charge < -0.3 is 14.4 Å². The van der Waals surface area contributed by atoms with Crippen molar-refractivity contribution in [3.05, 3.63) is 64.3 Å². The fourth-order valence-corrected chi connectivity index (χ4v) is 4.09. The van der Waals surface area contributed by atoms with Gasteiger partial charge in [-0.15, -0.1) is 11.3 Å². The second-order valence-electron chi connectivity index (χ2n) is 6.40. The molecule has 4 rings (SSSR count). The van der Waals surface area contributed by atoms with Crippen LogP contribution in [0.5, 0.6) is 5.75 Å². The number of anilines is 1. The van der Waals surface area contributed by atoms with Crippen LogP contribution in [0.4, 0.5) is 5.69 Å². The van der Waals surface area contributed by atoms with Gasteiger partial charge in [0, 0.05) is 35.6 Å². The fraction of sp³-hybridized carbons (Fsp3) is 0.182. The second kappa shape index (κ2) is 7.48. The van der Waals surface area contributed by atoms with Crippen LogP contribution in [-0.4, -0.2) is 23.2 Å². The molecule has 28 heavy (non-hydrogen) atoms. The highest BCUT2D eigenvalue weighted by Crippen LogP contribution is 2.34. The van der Waals surface area contributed by atoms with Crippen LogP contribution in [0.2, 0.25) is 0 Å². The molecule has 0 spiro atoms. The van der Waals surface area contributed by atoms with E-state index < -0.39 is 5.63 Å². The maximum absolute atomic E-state index is 12.6. The summed E-state index contributed by atoms with van der Waals surface area (Å²) in [4.78, 5) is 19.3. The van der Waals surface area contributed by atoms with E-state index in [1.165, 1.54) is 11.3 Å². The summed E-state index contributed by atoms with van der Waals surface area (Å²) in [5, 5.41) is 13.3. The molecule has 2 aromatic carbocycles. The molecular formula is C22H20N2O3S. The summed E-state index contributed by atoms with van der Waals surface area (Å²) in [7, 11) is 0. The van der Waals surface area contributed by atoms with E-state index >= 15 is 0 Å². The minimum absolute atomic E-state index is 0.165. The Hall–Kier alpha value is -3.12. The number of phenols is 1. The number of phenolic OH excluding ortho intramolecular Hbond substituents is 1. The van der Waals surface area contributed by atoms with E-state index in [0.29, 0.717) is 27.4 Å². The smallest absolute Gasteiger partial charge is 0.345 e. The Balaban J connectivity index is 1.76. The average Bonchev–Trinajstić information content (AvgIpc) is 3.18. The number of hydrogen-bond acceptors (Lipinski definition) is 6. The molecule has 4 aromatic rings. The maximum Gasteiger partial charge on any atom is 0.345 e.